The fraction of sp³-hybridized carbons (Fsp3) is 0.659. The van der Waals surface area contributed by atoms with E-state index in [-0.39, 0.29) is 90.8 Å². The Morgan fingerprint density at radius 3 is 2.51 bits per heavy atom. The second-order valence-electron chi connectivity index (χ2n) is 17.3. The molecule has 3 heterocycles. The number of aliphatic hydroxyl groups is 2. The first kappa shape index (κ1) is 36.1. The van der Waals surface area contributed by atoms with Gasteiger partial charge in [0.15, 0.2) is 0 Å². The van der Waals surface area contributed by atoms with Gasteiger partial charge in [-0.2, -0.15) is 0 Å². The second kappa shape index (κ2) is 12.6. The Labute approximate surface area is 309 Å². The first-order valence-corrected chi connectivity index (χ1v) is 19.2. The maximum absolute atomic E-state index is 13.9. The lowest BCUT2D eigenvalue weighted by atomic mass is 9.42. The van der Waals surface area contributed by atoms with Crippen LogP contribution >= 0.6 is 0 Å². The summed E-state index contributed by atoms with van der Waals surface area (Å²) < 4.78 is 16.1. The molecule has 0 bridgehead atoms. The molecule has 286 valence electrons. The number of carbonyl (C=O) groups is 4. The monoisotopic (exact) mass is 733 g/mol. The maximum Gasteiger partial charge on any atom is 0.342 e. The van der Waals surface area contributed by atoms with E-state index in [1.807, 2.05) is 17.9 Å². The van der Waals surface area contributed by atoms with Crippen LogP contribution in [0, 0.1) is 47.3 Å². The van der Waals surface area contributed by atoms with Gasteiger partial charge in [0.25, 0.3) is 0 Å². The van der Waals surface area contributed by atoms with Gasteiger partial charge < -0.3 is 39.5 Å². The van der Waals surface area contributed by atoms with Gasteiger partial charge in [0.2, 0.25) is 5.91 Å². The van der Waals surface area contributed by atoms with Crippen molar-refractivity contribution in [2.24, 2.45) is 40.4 Å². The van der Waals surface area contributed by atoms with Crippen LogP contribution in [0.5, 0.6) is 11.5 Å². The summed E-state index contributed by atoms with van der Waals surface area (Å²) in [6.07, 6.45) is 8.47. The van der Waals surface area contributed by atoms with Crippen molar-refractivity contribution < 1.29 is 53.8 Å². The standard InChI is InChI=1S/C41H51NO11/c1-20-27-19-53-38(49)34(27)35(46)26(36(20)51-4)7-6-24-13-21(37(47)48)14-32(44)42(24)25-9-11-39(2)23(16-25)5-8-29-30(39)17-31(43)40(3)28(10-12-41(29,40)50)22-15-33(45)52-18-22/h6,15,21,23,25,28-31,43,46,50H,5,7-14,16-19H2,1-4H3,(H,47,48)/b24-6-/t21-,23?,25-,28?,29?,30?,31?,39?,40?,41?/m1/s1. The zero-order valence-corrected chi connectivity index (χ0v) is 31.0. The zero-order chi connectivity index (χ0) is 37.8. The molecule has 10 atom stereocenters. The van der Waals surface area contributed by atoms with E-state index in [0.717, 1.165) is 31.3 Å². The number of ether oxygens (including phenoxy) is 3. The quantitative estimate of drug-likeness (QED) is 0.297. The van der Waals surface area contributed by atoms with E-state index < -0.39 is 35.0 Å². The third-order valence-corrected chi connectivity index (χ3v) is 15.4. The number of carboxylic acid groups (broad SMARTS) is 1. The van der Waals surface area contributed by atoms with Crippen LogP contribution in [0.15, 0.2) is 23.4 Å². The molecule has 5 fully saturated rings. The molecule has 8 unspecified atom stereocenters. The van der Waals surface area contributed by atoms with E-state index in [1.165, 1.54) is 7.11 Å². The van der Waals surface area contributed by atoms with Crippen molar-refractivity contribution in [2.45, 2.75) is 116 Å². The number of phenolic OH excluding ortho intramolecular Hbond substituents is 1. The fourth-order valence-corrected chi connectivity index (χ4v) is 12.5. The van der Waals surface area contributed by atoms with Gasteiger partial charge in [-0.1, -0.05) is 19.9 Å². The number of phenols is 1. The average molecular weight is 734 g/mol. The highest BCUT2D eigenvalue weighted by molar-refractivity contribution is 5.98. The normalized spacial score (nSPS) is 39.8. The summed E-state index contributed by atoms with van der Waals surface area (Å²) in [5.74, 6) is -2.74. The van der Waals surface area contributed by atoms with Gasteiger partial charge in [-0.3, -0.25) is 9.59 Å². The first-order chi connectivity index (χ1) is 25.1. The Hall–Kier alpha value is -3.90. The molecule has 12 nitrogen and oxygen atoms in total. The summed E-state index contributed by atoms with van der Waals surface area (Å²) >= 11 is 0. The summed E-state index contributed by atoms with van der Waals surface area (Å²) in [5.41, 5.74) is 1.18. The smallest absolute Gasteiger partial charge is 0.342 e. The minimum Gasteiger partial charge on any atom is -0.507 e. The predicted molar refractivity (Wildman–Crippen MR) is 188 cm³/mol. The summed E-state index contributed by atoms with van der Waals surface area (Å²) in [4.78, 5) is 52.5. The first-order valence-electron chi connectivity index (χ1n) is 19.2. The molecule has 3 aliphatic heterocycles. The average Bonchev–Trinajstić information content (AvgIpc) is 3.81. The number of hydrogen-bond acceptors (Lipinski definition) is 10. The number of benzene rings is 1. The lowest BCUT2D eigenvalue weighted by molar-refractivity contribution is -0.243. The number of carboxylic acids is 1. The predicted octanol–water partition coefficient (Wildman–Crippen LogP) is 4.73. The number of cyclic esters (lactones) is 2. The zero-order valence-electron chi connectivity index (χ0n) is 31.0. The van der Waals surface area contributed by atoms with Gasteiger partial charge in [-0.25, -0.2) is 9.59 Å². The molecule has 4 N–H and O–H groups in total. The Bertz CT molecular complexity index is 1850. The Balaban J connectivity index is 1.07. The number of fused-ring (bicyclic) bond motifs is 6. The van der Waals surface area contributed by atoms with Crippen LogP contribution < -0.4 is 4.74 Å². The van der Waals surface area contributed by atoms with Gasteiger partial charge in [-0.15, -0.1) is 0 Å². The molecule has 1 amide bonds. The minimum atomic E-state index is -1.08. The molecule has 12 heteroatoms. The number of amides is 1. The van der Waals surface area contributed by atoms with E-state index in [0.29, 0.717) is 53.8 Å². The largest absolute Gasteiger partial charge is 0.507 e. The summed E-state index contributed by atoms with van der Waals surface area (Å²) in [6, 6.07) is -0.157. The Morgan fingerprint density at radius 1 is 1.04 bits per heavy atom. The van der Waals surface area contributed by atoms with Crippen molar-refractivity contribution in [2.75, 3.05) is 13.7 Å². The van der Waals surface area contributed by atoms with Crippen LogP contribution in [0.3, 0.4) is 0 Å². The summed E-state index contributed by atoms with van der Waals surface area (Å²) in [7, 11) is 1.49. The van der Waals surface area contributed by atoms with E-state index in [1.54, 1.807) is 13.0 Å². The van der Waals surface area contributed by atoms with Gasteiger partial charge in [0.1, 0.15) is 30.3 Å². The molecular weight excluding hydrogens is 682 g/mol. The number of methoxy groups -OCH3 is 1. The lowest BCUT2D eigenvalue weighted by Gasteiger charge is -2.65. The van der Waals surface area contributed by atoms with Crippen molar-refractivity contribution in [3.8, 4) is 11.5 Å². The molecule has 1 saturated heterocycles. The molecule has 0 radical (unpaired) electrons. The topological polar surface area (TPSA) is 180 Å². The van der Waals surface area contributed by atoms with Gasteiger partial charge in [0.05, 0.1) is 24.7 Å². The number of likely N-dealkylation sites (tertiary alicyclic amines) is 1. The van der Waals surface area contributed by atoms with Gasteiger partial charge >= 0.3 is 17.9 Å². The molecule has 7 aliphatic rings. The van der Waals surface area contributed by atoms with Crippen molar-refractivity contribution in [3.63, 3.8) is 0 Å². The number of aliphatic hydroxyl groups excluding tert-OH is 1. The second-order valence-corrected chi connectivity index (χ2v) is 17.3. The number of piperidine rings is 1. The third kappa shape index (κ3) is 5.13. The third-order valence-electron chi connectivity index (χ3n) is 15.4. The van der Waals surface area contributed by atoms with Crippen molar-refractivity contribution >= 4 is 23.8 Å². The number of hydrogen-bond donors (Lipinski definition) is 4. The number of esters is 2. The maximum atomic E-state index is 13.9. The van der Waals surface area contributed by atoms with Crippen LogP contribution in [0.1, 0.15) is 105 Å². The molecule has 1 aromatic rings. The van der Waals surface area contributed by atoms with E-state index in [2.05, 4.69) is 6.92 Å². The van der Waals surface area contributed by atoms with E-state index >= 15 is 0 Å². The number of carbonyl (C=O) groups excluding carboxylic acids is 3. The molecule has 0 aromatic heterocycles. The van der Waals surface area contributed by atoms with Crippen molar-refractivity contribution in [3.05, 3.63) is 45.7 Å². The lowest BCUT2D eigenvalue weighted by Crippen LogP contribution is -2.67. The molecular formula is C41H51NO11. The van der Waals surface area contributed by atoms with E-state index in [4.69, 9.17) is 14.2 Å². The molecule has 1 aromatic carbocycles. The SMILES string of the molecule is COc1c(C)c2c(c(O)c1C/C=C1/C[C@@H](C(=O)O)CC(=O)N1[C@@H]1CCC3(C)C(CCC4C3CC(O)C3(C)C(C5=CC(=O)OC5)CCC43O)C1)C(=O)OC2. The summed E-state index contributed by atoms with van der Waals surface area (Å²) in [6.45, 7) is 6.37. The fourth-order valence-electron chi connectivity index (χ4n) is 12.5. The highest BCUT2D eigenvalue weighted by Gasteiger charge is 2.71. The van der Waals surface area contributed by atoms with Crippen LogP contribution in [0.2, 0.25) is 0 Å². The van der Waals surface area contributed by atoms with E-state index in [9.17, 15) is 39.6 Å². The highest BCUT2D eigenvalue weighted by Crippen LogP contribution is 2.70. The molecule has 4 saturated carbocycles. The van der Waals surface area contributed by atoms with Crippen molar-refractivity contribution in [1.82, 2.24) is 4.90 Å². The summed E-state index contributed by atoms with van der Waals surface area (Å²) in [5, 5.41) is 45.9. The number of allylic oxidation sites excluding steroid dienone is 2. The number of aromatic hydroxyl groups is 1. The number of rotatable bonds is 6. The van der Waals surface area contributed by atoms with Crippen LogP contribution in [0.4, 0.5) is 0 Å². The van der Waals surface area contributed by atoms with Gasteiger partial charge in [-0.05, 0) is 105 Å². The molecule has 53 heavy (non-hydrogen) atoms. The van der Waals surface area contributed by atoms with Crippen LogP contribution in [0.25, 0.3) is 0 Å². The number of aliphatic carboxylic acids is 1. The van der Waals surface area contributed by atoms with Gasteiger partial charge in [0, 0.05) is 47.2 Å². The Morgan fingerprint density at radius 2 is 1.81 bits per heavy atom. The minimum absolute atomic E-state index is 0.00330. The number of nitrogens with zero attached hydrogens (tertiary/aromatic N) is 1. The van der Waals surface area contributed by atoms with Crippen LogP contribution in [-0.4, -0.2) is 80.6 Å². The Kier molecular flexibility index (Phi) is 8.57. The van der Waals surface area contributed by atoms with Crippen LogP contribution in [-0.2, 0) is 36.9 Å². The van der Waals surface area contributed by atoms with Crippen molar-refractivity contribution in [1.29, 1.82) is 0 Å². The molecule has 8 rings (SSSR count). The molecule has 0 spiro atoms. The highest BCUT2D eigenvalue weighted by atomic mass is 16.5. The molecule has 4 aliphatic carbocycles.